The summed E-state index contributed by atoms with van der Waals surface area (Å²) in [5.41, 5.74) is 0. The van der Waals surface area contributed by atoms with Crippen LogP contribution in [0.4, 0.5) is 52.7 Å². The van der Waals surface area contributed by atoms with Gasteiger partial charge < -0.3 is 9.47 Å². The molecule has 0 aromatic heterocycles. The van der Waals surface area contributed by atoms with Gasteiger partial charge in [-0.05, 0) is 0 Å². The highest BCUT2D eigenvalue weighted by atomic mass is 19.4. The van der Waals surface area contributed by atoms with Crippen LogP contribution in [0.1, 0.15) is 27.7 Å². The van der Waals surface area contributed by atoms with Crippen LogP contribution in [0.15, 0.2) is 12.2 Å². The molecule has 0 saturated heterocycles. The lowest BCUT2D eigenvalue weighted by molar-refractivity contribution is -0.393. The first-order chi connectivity index (χ1) is 13.9. The average molecular weight is 500 g/mol. The minimum Gasteiger partial charge on any atom is -0.411 e. The first kappa shape index (κ1) is 29.8. The van der Waals surface area contributed by atoms with Crippen molar-refractivity contribution in [3.63, 3.8) is 0 Å². The monoisotopic (exact) mass is 500 g/mol. The van der Waals surface area contributed by atoms with Crippen molar-refractivity contribution in [1.29, 1.82) is 0 Å². The van der Waals surface area contributed by atoms with Crippen molar-refractivity contribution in [2.45, 2.75) is 63.6 Å². The average Bonchev–Trinajstić information content (AvgIpc) is 2.57. The van der Waals surface area contributed by atoms with Gasteiger partial charge in [0.05, 0.1) is 0 Å². The van der Waals surface area contributed by atoms with Crippen LogP contribution in [0.25, 0.3) is 0 Å². The van der Waals surface area contributed by atoms with Gasteiger partial charge in [-0.3, -0.25) is 0 Å². The molecule has 16 heteroatoms. The Hall–Kier alpha value is -2.16. The standard InChI is InChI=1S/C16H16F12O4/c1-7(2)11(17,18)13(21,15(23,24)25)31-9(29)5-6-10(30)32-14(22,16(26,27)28)12(19,20)8(3)4/h5-8H,1-4H3/b6-5+. The molecule has 0 aliphatic rings. The summed E-state index contributed by atoms with van der Waals surface area (Å²) in [7, 11) is 0. The molecule has 0 amide bonds. The summed E-state index contributed by atoms with van der Waals surface area (Å²) in [4.78, 5) is 22.6. The van der Waals surface area contributed by atoms with Gasteiger partial charge in [0.15, 0.2) is 0 Å². The van der Waals surface area contributed by atoms with Crippen molar-refractivity contribution in [2.24, 2.45) is 11.8 Å². The molecular formula is C16H16F12O4. The Morgan fingerprint density at radius 1 is 0.562 bits per heavy atom. The third-order valence-corrected chi connectivity index (χ3v) is 3.87. The van der Waals surface area contributed by atoms with Crippen LogP contribution in [0.2, 0.25) is 0 Å². The second kappa shape index (κ2) is 9.00. The van der Waals surface area contributed by atoms with E-state index in [-0.39, 0.29) is 0 Å². The summed E-state index contributed by atoms with van der Waals surface area (Å²) in [6, 6.07) is 0. The third kappa shape index (κ3) is 5.42. The maximum Gasteiger partial charge on any atom is 0.467 e. The van der Waals surface area contributed by atoms with Gasteiger partial charge in [0.2, 0.25) is 0 Å². The van der Waals surface area contributed by atoms with E-state index >= 15 is 0 Å². The zero-order valence-corrected chi connectivity index (χ0v) is 16.5. The van der Waals surface area contributed by atoms with Crippen LogP contribution in [-0.2, 0) is 19.1 Å². The molecule has 0 fully saturated rings. The second-order valence-electron chi connectivity index (χ2n) is 6.92. The van der Waals surface area contributed by atoms with E-state index in [1.54, 1.807) is 0 Å². The van der Waals surface area contributed by atoms with Crippen molar-refractivity contribution >= 4 is 11.9 Å². The van der Waals surface area contributed by atoms with Gasteiger partial charge in [-0.25, -0.2) is 9.59 Å². The molecule has 0 aliphatic carbocycles. The van der Waals surface area contributed by atoms with E-state index in [1.807, 2.05) is 0 Å². The van der Waals surface area contributed by atoms with E-state index in [2.05, 4.69) is 9.47 Å². The van der Waals surface area contributed by atoms with E-state index in [9.17, 15) is 62.3 Å². The largest absolute Gasteiger partial charge is 0.467 e. The molecule has 2 unspecified atom stereocenters. The maximum absolute atomic E-state index is 14.0. The maximum atomic E-state index is 14.0. The molecule has 4 nitrogen and oxygen atoms in total. The van der Waals surface area contributed by atoms with Crippen molar-refractivity contribution in [1.82, 2.24) is 0 Å². The fourth-order valence-corrected chi connectivity index (χ4v) is 1.85. The minimum absolute atomic E-state index is 0.425. The molecule has 0 N–H and O–H groups in total. The van der Waals surface area contributed by atoms with Crippen LogP contribution in [0, 0.1) is 11.8 Å². The van der Waals surface area contributed by atoms with E-state index in [1.165, 1.54) is 0 Å². The van der Waals surface area contributed by atoms with Crippen LogP contribution < -0.4 is 0 Å². The zero-order valence-electron chi connectivity index (χ0n) is 16.5. The van der Waals surface area contributed by atoms with E-state index in [0.29, 0.717) is 27.7 Å². The van der Waals surface area contributed by atoms with Gasteiger partial charge in [-0.1, -0.05) is 27.7 Å². The molecule has 0 heterocycles. The Balaban J connectivity index is 5.84. The Kier molecular flexibility index (Phi) is 8.39. The first-order valence-corrected chi connectivity index (χ1v) is 8.29. The number of carbonyl (C=O) groups is 2. The summed E-state index contributed by atoms with van der Waals surface area (Å²) in [5, 5.41) is 0. The Labute approximate surface area is 172 Å². The molecule has 0 spiro atoms. The summed E-state index contributed by atoms with van der Waals surface area (Å²) < 4.78 is 165. The number of esters is 2. The summed E-state index contributed by atoms with van der Waals surface area (Å²) in [5.74, 6) is -32.8. The lowest BCUT2D eigenvalue weighted by Gasteiger charge is -2.36. The third-order valence-electron chi connectivity index (χ3n) is 3.87. The highest BCUT2D eigenvalue weighted by Crippen LogP contribution is 2.50. The highest BCUT2D eigenvalue weighted by Gasteiger charge is 2.76. The topological polar surface area (TPSA) is 52.6 Å². The van der Waals surface area contributed by atoms with Crippen molar-refractivity contribution in [3.8, 4) is 0 Å². The molecule has 2 atom stereocenters. The summed E-state index contributed by atoms with van der Waals surface area (Å²) in [6.07, 6.45) is -14.3. The predicted octanol–water partition coefficient (Wildman–Crippen LogP) is 5.67. The Morgan fingerprint density at radius 3 is 0.938 bits per heavy atom. The number of hydrogen-bond acceptors (Lipinski definition) is 4. The highest BCUT2D eigenvalue weighted by molar-refractivity contribution is 5.92. The number of hydrogen-bond donors (Lipinski definition) is 0. The van der Waals surface area contributed by atoms with Crippen molar-refractivity contribution in [3.05, 3.63) is 12.2 Å². The number of ether oxygens (including phenoxy) is 2. The zero-order chi connectivity index (χ0) is 26.1. The van der Waals surface area contributed by atoms with Gasteiger partial charge in [0.1, 0.15) is 0 Å². The van der Waals surface area contributed by atoms with Crippen LogP contribution in [0.5, 0.6) is 0 Å². The minimum atomic E-state index is -6.52. The number of carbonyl (C=O) groups excluding carboxylic acids is 2. The lowest BCUT2D eigenvalue weighted by Crippen LogP contribution is -2.60. The molecule has 0 aliphatic heterocycles. The molecule has 0 aromatic carbocycles. The molecule has 0 bridgehead atoms. The lowest BCUT2D eigenvalue weighted by atomic mass is 9.97. The normalized spacial score (nSPS) is 17.9. The second-order valence-corrected chi connectivity index (χ2v) is 6.92. The molecular weight excluding hydrogens is 484 g/mol. The van der Waals surface area contributed by atoms with E-state index in [0.717, 1.165) is 0 Å². The number of halogens is 12. The van der Waals surface area contributed by atoms with E-state index < -0.39 is 71.8 Å². The summed E-state index contributed by atoms with van der Waals surface area (Å²) in [6.45, 7) is 1.70. The number of alkyl halides is 12. The van der Waals surface area contributed by atoms with Crippen LogP contribution in [-0.4, -0.2) is 47.8 Å². The smallest absolute Gasteiger partial charge is 0.411 e. The van der Waals surface area contributed by atoms with Crippen molar-refractivity contribution in [2.75, 3.05) is 0 Å². The number of rotatable bonds is 8. The van der Waals surface area contributed by atoms with Crippen LogP contribution >= 0.6 is 0 Å². The quantitative estimate of drug-likeness (QED) is 0.245. The first-order valence-electron chi connectivity index (χ1n) is 8.29. The molecule has 32 heavy (non-hydrogen) atoms. The molecule has 0 radical (unpaired) electrons. The van der Waals surface area contributed by atoms with Gasteiger partial charge in [0.25, 0.3) is 0 Å². The van der Waals surface area contributed by atoms with Crippen LogP contribution in [0.3, 0.4) is 0 Å². The molecule has 0 aromatic rings. The predicted molar refractivity (Wildman–Crippen MR) is 80.7 cm³/mol. The van der Waals surface area contributed by atoms with Crippen molar-refractivity contribution < 1.29 is 71.7 Å². The SMILES string of the molecule is CC(C)C(F)(F)C(F)(OC(=O)/C=C/C(=O)OC(F)(C(F)(F)F)C(F)(F)C(C)C)C(F)(F)F. The summed E-state index contributed by atoms with van der Waals surface area (Å²) >= 11 is 0. The molecule has 188 valence electrons. The van der Waals surface area contributed by atoms with Gasteiger partial charge >= 0.3 is 47.8 Å². The Bertz CT molecular complexity index is 666. The Morgan fingerprint density at radius 2 is 0.781 bits per heavy atom. The fraction of sp³-hybridized carbons (Fsp3) is 0.750. The molecule has 0 rings (SSSR count). The van der Waals surface area contributed by atoms with Gasteiger partial charge in [-0.2, -0.15) is 52.7 Å². The van der Waals surface area contributed by atoms with E-state index in [4.69, 9.17) is 0 Å². The van der Waals surface area contributed by atoms with Gasteiger partial charge in [-0.15, -0.1) is 0 Å². The van der Waals surface area contributed by atoms with Gasteiger partial charge in [0, 0.05) is 24.0 Å². The fourth-order valence-electron chi connectivity index (χ4n) is 1.85. The molecule has 0 saturated carbocycles.